The lowest BCUT2D eigenvalue weighted by molar-refractivity contribution is -0.138. The minimum Gasteiger partial charge on any atom is -0.491 e. The molecular weight excluding hydrogens is 394 g/mol. The molecule has 0 spiro atoms. The van der Waals surface area contributed by atoms with E-state index in [9.17, 15) is 4.79 Å². The fraction of sp³-hybridized carbons (Fsp3) is 0.435. The van der Waals surface area contributed by atoms with Crippen molar-refractivity contribution in [2.24, 2.45) is 0 Å². The Morgan fingerprint density at radius 3 is 2.90 bits per heavy atom. The zero-order chi connectivity index (χ0) is 20.9. The van der Waals surface area contributed by atoms with Crippen molar-refractivity contribution in [1.82, 2.24) is 19.9 Å². The van der Waals surface area contributed by atoms with Crippen molar-refractivity contribution < 1.29 is 14.3 Å². The second-order valence-corrected chi connectivity index (χ2v) is 8.57. The number of hydrogen-bond acceptors (Lipinski definition) is 6. The van der Waals surface area contributed by atoms with Crippen LogP contribution in [-0.4, -0.2) is 58.2 Å². The van der Waals surface area contributed by atoms with Crippen molar-refractivity contribution in [1.29, 1.82) is 0 Å². The van der Waals surface area contributed by atoms with E-state index in [0.717, 1.165) is 28.2 Å². The SMILES string of the molecule is CO[C@@H]1CCN(C2COc3ccccc3C2Nc2ncnc3[nH]c(C4CC4)cc23)C1=O. The van der Waals surface area contributed by atoms with Gasteiger partial charge in [0.05, 0.1) is 17.5 Å². The summed E-state index contributed by atoms with van der Waals surface area (Å²) in [4.78, 5) is 27.3. The molecule has 0 radical (unpaired) electrons. The van der Waals surface area contributed by atoms with Gasteiger partial charge in [0.2, 0.25) is 0 Å². The summed E-state index contributed by atoms with van der Waals surface area (Å²) in [6, 6.07) is 9.85. The van der Waals surface area contributed by atoms with Crippen LogP contribution in [0.2, 0.25) is 0 Å². The second kappa shape index (κ2) is 7.23. The summed E-state index contributed by atoms with van der Waals surface area (Å²) < 4.78 is 11.4. The number of anilines is 1. The third kappa shape index (κ3) is 3.13. The number of carbonyl (C=O) groups excluding carboxylic acids is 1. The number of nitrogens with one attached hydrogen (secondary N) is 2. The maximum atomic E-state index is 12.9. The van der Waals surface area contributed by atoms with Crippen molar-refractivity contribution in [2.75, 3.05) is 25.6 Å². The molecule has 31 heavy (non-hydrogen) atoms. The number of hydrogen-bond donors (Lipinski definition) is 2. The van der Waals surface area contributed by atoms with Gasteiger partial charge in [0.1, 0.15) is 36.3 Å². The first-order chi connectivity index (χ1) is 15.2. The Hall–Kier alpha value is -3.13. The van der Waals surface area contributed by atoms with E-state index >= 15 is 0 Å². The molecule has 160 valence electrons. The van der Waals surface area contributed by atoms with Gasteiger partial charge in [-0.1, -0.05) is 18.2 Å². The molecule has 3 atom stereocenters. The van der Waals surface area contributed by atoms with Crippen LogP contribution >= 0.6 is 0 Å². The Bertz CT molecular complexity index is 1140. The van der Waals surface area contributed by atoms with E-state index in [-0.39, 0.29) is 24.1 Å². The van der Waals surface area contributed by atoms with Crippen LogP contribution in [0.5, 0.6) is 5.75 Å². The maximum absolute atomic E-state index is 12.9. The summed E-state index contributed by atoms with van der Waals surface area (Å²) in [7, 11) is 1.59. The molecule has 1 aromatic carbocycles. The van der Waals surface area contributed by atoms with Gasteiger partial charge in [-0.05, 0) is 30.9 Å². The fourth-order valence-corrected chi connectivity index (χ4v) is 4.85. The van der Waals surface area contributed by atoms with Crippen LogP contribution < -0.4 is 10.1 Å². The lowest BCUT2D eigenvalue weighted by Gasteiger charge is -2.39. The summed E-state index contributed by atoms with van der Waals surface area (Å²) in [5.41, 5.74) is 3.09. The Balaban J connectivity index is 1.39. The predicted molar refractivity (Wildman–Crippen MR) is 115 cm³/mol. The first kappa shape index (κ1) is 18.6. The van der Waals surface area contributed by atoms with Crippen molar-refractivity contribution in [3.63, 3.8) is 0 Å². The minimum atomic E-state index is -0.380. The average Bonchev–Trinajstić information content (AvgIpc) is 3.45. The summed E-state index contributed by atoms with van der Waals surface area (Å²) in [5.74, 6) is 2.23. The number of benzene rings is 1. The average molecular weight is 419 g/mol. The van der Waals surface area contributed by atoms with Crippen molar-refractivity contribution in [2.45, 2.75) is 43.4 Å². The molecule has 3 aliphatic rings. The molecule has 2 aliphatic heterocycles. The van der Waals surface area contributed by atoms with Crippen molar-refractivity contribution in [3.8, 4) is 5.75 Å². The summed E-state index contributed by atoms with van der Waals surface area (Å²) in [5, 5.41) is 4.63. The van der Waals surface area contributed by atoms with Crippen LogP contribution in [0.3, 0.4) is 0 Å². The molecular formula is C23H25N5O3. The normalized spacial score (nSPS) is 25.5. The summed E-state index contributed by atoms with van der Waals surface area (Å²) in [6.07, 6.45) is 4.33. The second-order valence-electron chi connectivity index (χ2n) is 8.57. The zero-order valence-electron chi connectivity index (χ0n) is 17.4. The fourth-order valence-electron chi connectivity index (χ4n) is 4.85. The van der Waals surface area contributed by atoms with Gasteiger partial charge in [-0.15, -0.1) is 0 Å². The molecule has 4 heterocycles. The molecule has 2 N–H and O–H groups in total. The Morgan fingerprint density at radius 1 is 1.23 bits per heavy atom. The zero-order valence-corrected chi connectivity index (χ0v) is 17.4. The molecule has 6 rings (SSSR count). The van der Waals surface area contributed by atoms with Crippen LogP contribution in [0.15, 0.2) is 36.7 Å². The Labute approximate surface area is 180 Å². The third-order valence-corrected chi connectivity index (χ3v) is 6.68. The van der Waals surface area contributed by atoms with Crippen molar-refractivity contribution in [3.05, 3.63) is 47.9 Å². The standard InChI is InChI=1S/C23H25N5O3/c1-30-19-8-9-28(23(19)29)17-11-31-18-5-3-2-4-14(18)20(17)27-22-15-10-16(13-6-7-13)26-21(15)24-12-25-22/h2-5,10,12-13,17,19-20H,6-9,11H2,1H3,(H2,24,25,26,27)/t17?,19-,20?/m1/s1. The highest BCUT2D eigenvalue weighted by Crippen LogP contribution is 2.42. The molecule has 1 saturated carbocycles. The largest absolute Gasteiger partial charge is 0.491 e. The highest BCUT2D eigenvalue weighted by atomic mass is 16.5. The minimum absolute atomic E-state index is 0.0211. The topological polar surface area (TPSA) is 92.4 Å². The number of carbonyl (C=O) groups is 1. The number of H-pyrrole nitrogens is 1. The van der Waals surface area contributed by atoms with E-state index in [1.165, 1.54) is 18.5 Å². The molecule has 1 saturated heterocycles. The van der Waals surface area contributed by atoms with Gasteiger partial charge in [0.25, 0.3) is 5.91 Å². The molecule has 1 amide bonds. The summed E-state index contributed by atoms with van der Waals surface area (Å²) >= 11 is 0. The molecule has 2 fully saturated rings. The number of nitrogens with zero attached hydrogens (tertiary/aromatic N) is 3. The van der Waals surface area contributed by atoms with E-state index in [4.69, 9.17) is 9.47 Å². The van der Waals surface area contributed by atoms with Crippen LogP contribution in [0.25, 0.3) is 11.0 Å². The quantitative estimate of drug-likeness (QED) is 0.661. The van der Waals surface area contributed by atoms with E-state index < -0.39 is 0 Å². The highest BCUT2D eigenvalue weighted by Gasteiger charge is 2.43. The molecule has 0 bridgehead atoms. The molecule has 1 aliphatic carbocycles. The van der Waals surface area contributed by atoms with Crippen molar-refractivity contribution >= 4 is 22.8 Å². The van der Waals surface area contributed by atoms with E-state index in [0.29, 0.717) is 25.5 Å². The Kier molecular flexibility index (Phi) is 4.34. The van der Waals surface area contributed by atoms with Gasteiger partial charge in [-0.25, -0.2) is 9.97 Å². The molecule has 3 aromatic rings. The van der Waals surface area contributed by atoms with Gasteiger partial charge < -0.3 is 24.7 Å². The van der Waals surface area contributed by atoms with Gasteiger partial charge in [-0.2, -0.15) is 0 Å². The number of methoxy groups -OCH3 is 1. The number of ether oxygens (including phenoxy) is 2. The van der Waals surface area contributed by atoms with Gasteiger partial charge >= 0.3 is 0 Å². The molecule has 8 nitrogen and oxygen atoms in total. The van der Waals surface area contributed by atoms with Gasteiger partial charge in [-0.3, -0.25) is 4.79 Å². The van der Waals surface area contributed by atoms with Gasteiger partial charge in [0.15, 0.2) is 0 Å². The third-order valence-electron chi connectivity index (χ3n) is 6.68. The number of likely N-dealkylation sites (tertiary alicyclic amines) is 1. The van der Waals surface area contributed by atoms with Gasteiger partial charge in [0, 0.05) is 31.3 Å². The molecule has 2 unspecified atom stereocenters. The summed E-state index contributed by atoms with van der Waals surface area (Å²) in [6.45, 7) is 1.08. The monoisotopic (exact) mass is 419 g/mol. The number of aromatic amines is 1. The number of aromatic nitrogens is 3. The van der Waals surface area contributed by atoms with Crippen LogP contribution in [0.4, 0.5) is 5.82 Å². The number of fused-ring (bicyclic) bond motifs is 2. The Morgan fingerprint density at radius 2 is 2.10 bits per heavy atom. The molecule has 2 aromatic heterocycles. The van der Waals surface area contributed by atoms with Crippen LogP contribution in [-0.2, 0) is 9.53 Å². The van der Waals surface area contributed by atoms with E-state index in [1.54, 1.807) is 13.4 Å². The number of amides is 1. The highest BCUT2D eigenvalue weighted by molar-refractivity contribution is 5.88. The first-order valence-corrected chi connectivity index (χ1v) is 10.9. The van der Waals surface area contributed by atoms with Crippen LogP contribution in [0.1, 0.15) is 42.5 Å². The lowest BCUT2D eigenvalue weighted by atomic mass is 9.95. The first-order valence-electron chi connectivity index (χ1n) is 10.9. The predicted octanol–water partition coefficient (Wildman–Crippen LogP) is 3.00. The lowest BCUT2D eigenvalue weighted by Crippen LogP contribution is -2.50. The maximum Gasteiger partial charge on any atom is 0.252 e. The van der Waals surface area contributed by atoms with E-state index in [2.05, 4.69) is 32.4 Å². The number of para-hydroxylation sites is 1. The molecule has 8 heteroatoms. The smallest absolute Gasteiger partial charge is 0.252 e. The van der Waals surface area contributed by atoms with E-state index in [1.807, 2.05) is 23.1 Å². The van der Waals surface area contributed by atoms with Crippen LogP contribution in [0, 0.1) is 0 Å². The number of rotatable bonds is 5.